The maximum atomic E-state index is 12.2. The molecule has 0 aliphatic carbocycles. The number of hydrogen-bond donors (Lipinski definition) is 0. The van der Waals surface area contributed by atoms with Crippen molar-refractivity contribution in [3.8, 4) is 5.75 Å². The van der Waals surface area contributed by atoms with E-state index in [1.165, 1.54) is 5.56 Å². The topological polar surface area (TPSA) is 42.7 Å². The predicted octanol–water partition coefficient (Wildman–Crippen LogP) is 6.27. The monoisotopic (exact) mass is 411 g/mol. The van der Waals surface area contributed by atoms with Crippen molar-refractivity contribution in [1.29, 1.82) is 0 Å². The second kappa shape index (κ2) is 8.11. The predicted molar refractivity (Wildman–Crippen MR) is 118 cm³/mol. The molecule has 1 unspecified atom stereocenters. The molecule has 1 aliphatic rings. The maximum Gasteiger partial charge on any atom is 0.336 e. The first-order valence-corrected chi connectivity index (χ1v) is 10.6. The van der Waals surface area contributed by atoms with Gasteiger partial charge in [0.05, 0.1) is 17.1 Å². The van der Waals surface area contributed by atoms with Crippen molar-refractivity contribution in [3.63, 3.8) is 0 Å². The summed E-state index contributed by atoms with van der Waals surface area (Å²) in [6.45, 7) is 7.50. The van der Waals surface area contributed by atoms with Gasteiger partial charge >= 0.3 is 5.63 Å². The number of hydrogen-bond acceptors (Lipinski definition) is 4. The SMILES string of the molecule is CCCc1cc(=O)oc2c3c(c(Cl)cc12)OCN(c1ccc(C(C)CC)cc1)C3. The van der Waals surface area contributed by atoms with Crippen molar-refractivity contribution in [2.45, 2.75) is 52.5 Å². The molecule has 4 nitrogen and oxygen atoms in total. The van der Waals surface area contributed by atoms with E-state index < -0.39 is 0 Å². The standard InChI is InChI=1S/C24H26ClNO3/c1-4-6-17-11-22(27)29-23-19(17)12-21(25)24-20(23)13-26(14-28-24)18-9-7-16(8-10-18)15(3)5-2/h7-12,15H,4-6,13-14H2,1-3H3. The Labute approximate surface area is 176 Å². The van der Waals surface area contributed by atoms with E-state index in [1.807, 2.05) is 6.07 Å². The minimum absolute atomic E-state index is 0.333. The highest BCUT2D eigenvalue weighted by atomic mass is 35.5. The Kier molecular flexibility index (Phi) is 5.55. The van der Waals surface area contributed by atoms with Gasteiger partial charge in [-0.05, 0) is 48.1 Å². The number of ether oxygens (including phenoxy) is 1. The van der Waals surface area contributed by atoms with E-state index in [0.717, 1.165) is 41.5 Å². The Morgan fingerprint density at radius 1 is 1.17 bits per heavy atom. The van der Waals surface area contributed by atoms with Gasteiger partial charge in [0.1, 0.15) is 11.3 Å². The second-order valence-electron chi connectivity index (χ2n) is 7.76. The van der Waals surface area contributed by atoms with Crippen LogP contribution in [0.4, 0.5) is 5.69 Å². The van der Waals surface area contributed by atoms with Gasteiger partial charge in [-0.3, -0.25) is 0 Å². The van der Waals surface area contributed by atoms with Gasteiger partial charge in [0.15, 0.2) is 6.73 Å². The molecule has 0 fully saturated rings. The van der Waals surface area contributed by atoms with Crippen LogP contribution in [-0.2, 0) is 13.0 Å². The second-order valence-corrected chi connectivity index (χ2v) is 8.16. The largest absolute Gasteiger partial charge is 0.471 e. The Bertz CT molecular complexity index is 1090. The summed E-state index contributed by atoms with van der Waals surface area (Å²) in [6.07, 6.45) is 2.86. The van der Waals surface area contributed by atoms with E-state index in [-0.39, 0.29) is 5.63 Å². The van der Waals surface area contributed by atoms with Gasteiger partial charge < -0.3 is 14.1 Å². The van der Waals surface area contributed by atoms with Gasteiger partial charge in [-0.15, -0.1) is 0 Å². The molecule has 4 rings (SSSR count). The van der Waals surface area contributed by atoms with Crippen LogP contribution < -0.4 is 15.3 Å². The van der Waals surface area contributed by atoms with E-state index in [4.69, 9.17) is 20.8 Å². The molecule has 1 aliphatic heterocycles. The van der Waals surface area contributed by atoms with Gasteiger partial charge in [0, 0.05) is 17.1 Å². The summed E-state index contributed by atoms with van der Waals surface area (Å²) < 4.78 is 11.6. The summed E-state index contributed by atoms with van der Waals surface area (Å²) in [5.74, 6) is 1.15. The molecule has 0 amide bonds. The molecule has 2 heterocycles. The third kappa shape index (κ3) is 3.74. The molecule has 0 N–H and O–H groups in total. The van der Waals surface area contributed by atoms with Crippen LogP contribution in [0.3, 0.4) is 0 Å². The number of rotatable bonds is 5. The third-order valence-corrected chi connectivity index (χ3v) is 6.07. The van der Waals surface area contributed by atoms with Crippen LogP contribution >= 0.6 is 11.6 Å². The average molecular weight is 412 g/mol. The molecular formula is C24H26ClNO3. The Morgan fingerprint density at radius 3 is 2.62 bits per heavy atom. The first kappa shape index (κ1) is 19.8. The number of aryl methyl sites for hydroxylation is 1. The van der Waals surface area contributed by atoms with E-state index in [0.29, 0.717) is 35.5 Å². The van der Waals surface area contributed by atoms with Crippen LogP contribution in [0.15, 0.2) is 45.6 Å². The molecule has 0 saturated heterocycles. The lowest BCUT2D eigenvalue weighted by Crippen LogP contribution is -2.32. The highest BCUT2D eigenvalue weighted by Crippen LogP contribution is 2.40. The van der Waals surface area contributed by atoms with E-state index >= 15 is 0 Å². The molecule has 3 aromatic rings. The molecule has 0 bridgehead atoms. The minimum Gasteiger partial charge on any atom is -0.471 e. The summed E-state index contributed by atoms with van der Waals surface area (Å²) in [6, 6.07) is 12.0. The number of halogens is 1. The van der Waals surface area contributed by atoms with Gasteiger partial charge in [0.25, 0.3) is 0 Å². The Morgan fingerprint density at radius 2 is 1.93 bits per heavy atom. The zero-order valence-electron chi connectivity index (χ0n) is 17.1. The van der Waals surface area contributed by atoms with Crippen molar-refractivity contribution in [1.82, 2.24) is 0 Å². The van der Waals surface area contributed by atoms with Gasteiger partial charge in [-0.25, -0.2) is 4.79 Å². The van der Waals surface area contributed by atoms with Crippen molar-refractivity contribution < 1.29 is 9.15 Å². The summed E-state index contributed by atoms with van der Waals surface area (Å²) >= 11 is 6.54. The van der Waals surface area contributed by atoms with Gasteiger partial charge in [-0.2, -0.15) is 0 Å². The number of anilines is 1. The van der Waals surface area contributed by atoms with Gasteiger partial charge in [-0.1, -0.05) is 50.9 Å². The Hall–Kier alpha value is -2.46. The lowest BCUT2D eigenvalue weighted by Gasteiger charge is -2.32. The fourth-order valence-corrected chi connectivity index (χ4v) is 4.22. The molecular weight excluding hydrogens is 386 g/mol. The molecule has 1 atom stereocenters. The highest BCUT2D eigenvalue weighted by Gasteiger charge is 2.25. The third-order valence-electron chi connectivity index (χ3n) is 5.79. The van der Waals surface area contributed by atoms with Crippen LogP contribution in [0.1, 0.15) is 56.2 Å². The Balaban J connectivity index is 1.75. The van der Waals surface area contributed by atoms with E-state index in [9.17, 15) is 4.79 Å². The van der Waals surface area contributed by atoms with Crippen molar-refractivity contribution >= 4 is 28.3 Å². The summed E-state index contributed by atoms with van der Waals surface area (Å²) in [4.78, 5) is 14.3. The molecule has 2 aromatic carbocycles. The zero-order valence-corrected chi connectivity index (χ0v) is 17.9. The number of nitrogens with zero attached hydrogens (tertiary/aromatic N) is 1. The van der Waals surface area contributed by atoms with Crippen LogP contribution in [0.25, 0.3) is 11.0 Å². The average Bonchev–Trinajstić information content (AvgIpc) is 2.74. The van der Waals surface area contributed by atoms with E-state index in [2.05, 4.69) is 49.9 Å². The zero-order chi connectivity index (χ0) is 20.5. The van der Waals surface area contributed by atoms with Crippen molar-refractivity contribution in [2.24, 2.45) is 0 Å². The van der Waals surface area contributed by atoms with Crippen molar-refractivity contribution in [3.05, 3.63) is 68.5 Å². The molecule has 0 spiro atoms. The maximum absolute atomic E-state index is 12.2. The van der Waals surface area contributed by atoms with E-state index in [1.54, 1.807) is 6.07 Å². The number of benzene rings is 2. The van der Waals surface area contributed by atoms with Crippen LogP contribution in [0.2, 0.25) is 5.02 Å². The molecule has 0 radical (unpaired) electrons. The number of fused-ring (bicyclic) bond motifs is 3. The smallest absolute Gasteiger partial charge is 0.336 e. The molecule has 152 valence electrons. The van der Waals surface area contributed by atoms with Crippen LogP contribution in [0.5, 0.6) is 5.75 Å². The normalized spacial score (nSPS) is 14.6. The lowest BCUT2D eigenvalue weighted by atomic mass is 9.98. The molecule has 5 heteroatoms. The molecule has 29 heavy (non-hydrogen) atoms. The highest BCUT2D eigenvalue weighted by molar-refractivity contribution is 6.33. The quantitative estimate of drug-likeness (QED) is 0.464. The summed E-state index contributed by atoms with van der Waals surface area (Å²) in [5.41, 5.74) is 4.46. The minimum atomic E-state index is -0.333. The lowest BCUT2D eigenvalue weighted by molar-refractivity contribution is 0.289. The summed E-state index contributed by atoms with van der Waals surface area (Å²) in [5, 5.41) is 1.46. The van der Waals surface area contributed by atoms with Crippen LogP contribution in [-0.4, -0.2) is 6.73 Å². The fourth-order valence-electron chi connectivity index (χ4n) is 3.94. The van der Waals surface area contributed by atoms with Gasteiger partial charge in [0.2, 0.25) is 0 Å². The first-order valence-electron chi connectivity index (χ1n) is 10.3. The first-order chi connectivity index (χ1) is 14.0. The summed E-state index contributed by atoms with van der Waals surface area (Å²) in [7, 11) is 0. The van der Waals surface area contributed by atoms with Crippen molar-refractivity contribution in [2.75, 3.05) is 11.6 Å². The molecule has 1 aromatic heterocycles. The fraction of sp³-hybridized carbons (Fsp3) is 0.375. The molecule has 0 saturated carbocycles. The van der Waals surface area contributed by atoms with Crippen LogP contribution in [0, 0.1) is 0 Å².